The summed E-state index contributed by atoms with van der Waals surface area (Å²) in [5, 5.41) is 2.91. The van der Waals surface area contributed by atoms with Crippen LogP contribution in [0.1, 0.15) is 40.8 Å². The Hall–Kier alpha value is -2.70. The summed E-state index contributed by atoms with van der Waals surface area (Å²) in [5.74, 6) is 0.822. The van der Waals surface area contributed by atoms with E-state index in [1.807, 2.05) is 37.3 Å². The molecule has 1 atom stereocenters. The summed E-state index contributed by atoms with van der Waals surface area (Å²) in [6, 6.07) is 21.4. The summed E-state index contributed by atoms with van der Waals surface area (Å²) < 4.78 is 18.2. The van der Waals surface area contributed by atoms with Crippen LogP contribution in [0.5, 0.6) is 0 Å². The maximum absolute atomic E-state index is 12.6. The normalized spacial score (nSPS) is 12.1. The van der Waals surface area contributed by atoms with E-state index in [1.165, 1.54) is 5.56 Å². The molecule has 1 amide bonds. The molecule has 6 heteroatoms. The Labute approximate surface area is 186 Å². The fraction of sp³-hybridized carbons (Fsp3) is 0.320. The predicted molar refractivity (Wildman–Crippen MR) is 124 cm³/mol. The molecule has 2 aromatic carbocycles. The fourth-order valence-electron chi connectivity index (χ4n) is 3.38. The minimum absolute atomic E-state index is 0.237. The molecule has 0 aliphatic carbocycles. The molecule has 0 aliphatic rings. The van der Waals surface area contributed by atoms with Crippen LogP contribution in [-0.4, -0.2) is 34.7 Å². The predicted octanol–water partition coefficient (Wildman–Crippen LogP) is 4.54. The van der Waals surface area contributed by atoms with Gasteiger partial charge in [-0.3, -0.25) is 13.9 Å². The van der Waals surface area contributed by atoms with Crippen molar-refractivity contribution in [2.75, 3.05) is 19.6 Å². The number of aryl methyl sites for hydroxylation is 1. The molecule has 0 saturated carbocycles. The number of nitrogens with one attached hydrogen (secondary N) is 1. The zero-order chi connectivity index (χ0) is 22.1. The van der Waals surface area contributed by atoms with Crippen LogP contribution in [-0.2, 0) is 23.1 Å². The van der Waals surface area contributed by atoms with Crippen LogP contribution >= 0.6 is 0 Å². The zero-order valence-electron chi connectivity index (χ0n) is 18.2. The number of furan rings is 1. The highest BCUT2D eigenvalue weighted by Gasteiger charge is 2.14. The monoisotopic (exact) mass is 438 g/mol. The number of nitrogens with zero attached hydrogens (tertiary/aromatic N) is 1. The molecule has 0 bridgehead atoms. The molecule has 3 aromatic rings. The minimum atomic E-state index is -1.21. The molecule has 3 rings (SSSR count). The molecule has 164 valence electrons. The topological polar surface area (TPSA) is 62.6 Å². The first kappa shape index (κ1) is 23.0. The van der Waals surface area contributed by atoms with E-state index in [9.17, 15) is 9.00 Å². The Morgan fingerprint density at radius 2 is 1.77 bits per heavy atom. The largest absolute Gasteiger partial charge is 0.455 e. The molecule has 0 saturated heterocycles. The Morgan fingerprint density at radius 3 is 2.52 bits per heavy atom. The highest BCUT2D eigenvalue weighted by Crippen LogP contribution is 2.18. The maximum atomic E-state index is 12.6. The first-order valence-corrected chi connectivity index (χ1v) is 12.0. The van der Waals surface area contributed by atoms with Crippen molar-refractivity contribution in [1.29, 1.82) is 0 Å². The molecule has 1 aromatic heterocycles. The average Bonchev–Trinajstić information content (AvgIpc) is 3.25. The maximum Gasteiger partial charge on any atom is 0.286 e. The van der Waals surface area contributed by atoms with Crippen molar-refractivity contribution in [3.63, 3.8) is 0 Å². The van der Waals surface area contributed by atoms with E-state index in [4.69, 9.17) is 4.42 Å². The highest BCUT2D eigenvalue weighted by atomic mass is 32.2. The van der Waals surface area contributed by atoms with Gasteiger partial charge in [0.25, 0.3) is 5.91 Å². The number of rotatable bonds is 11. The summed E-state index contributed by atoms with van der Waals surface area (Å²) in [7, 11) is -1.21. The highest BCUT2D eigenvalue weighted by molar-refractivity contribution is 7.84. The summed E-state index contributed by atoms with van der Waals surface area (Å²) in [5.41, 5.74) is 2.28. The number of carbonyl (C=O) groups is 1. The van der Waals surface area contributed by atoms with Gasteiger partial charge in [0.05, 0.1) is 16.6 Å². The third kappa shape index (κ3) is 6.91. The second kappa shape index (κ2) is 11.6. The van der Waals surface area contributed by atoms with Gasteiger partial charge in [-0.1, -0.05) is 55.5 Å². The fourth-order valence-corrected chi connectivity index (χ4v) is 4.61. The summed E-state index contributed by atoms with van der Waals surface area (Å²) in [6.07, 6.45) is 0.858. The molecule has 0 radical (unpaired) electrons. The zero-order valence-corrected chi connectivity index (χ0v) is 19.0. The third-order valence-electron chi connectivity index (χ3n) is 5.13. The van der Waals surface area contributed by atoms with Crippen molar-refractivity contribution in [2.45, 2.75) is 37.5 Å². The van der Waals surface area contributed by atoms with Crippen molar-refractivity contribution in [1.82, 2.24) is 10.2 Å². The minimum Gasteiger partial charge on any atom is -0.455 e. The lowest BCUT2D eigenvalue weighted by Crippen LogP contribution is -2.29. The molecule has 31 heavy (non-hydrogen) atoms. The molecule has 1 unspecified atom stereocenters. The smallest absolute Gasteiger partial charge is 0.286 e. The molecule has 0 aliphatic heterocycles. The summed E-state index contributed by atoms with van der Waals surface area (Å²) in [4.78, 5) is 15.5. The molecule has 5 nitrogen and oxygen atoms in total. The van der Waals surface area contributed by atoms with E-state index in [1.54, 1.807) is 12.1 Å². The van der Waals surface area contributed by atoms with Crippen LogP contribution in [0.4, 0.5) is 0 Å². The van der Waals surface area contributed by atoms with Gasteiger partial charge in [-0.2, -0.15) is 0 Å². The molecule has 0 spiro atoms. The van der Waals surface area contributed by atoms with Gasteiger partial charge >= 0.3 is 0 Å². The van der Waals surface area contributed by atoms with Gasteiger partial charge in [0, 0.05) is 24.5 Å². The summed E-state index contributed by atoms with van der Waals surface area (Å²) >= 11 is 0. The lowest BCUT2D eigenvalue weighted by atomic mass is 10.2. The van der Waals surface area contributed by atoms with Gasteiger partial charge < -0.3 is 9.73 Å². The van der Waals surface area contributed by atoms with Crippen LogP contribution in [0, 0.1) is 6.92 Å². The molecular formula is C25H30N2O3S. The molecule has 1 N–H and O–H groups in total. The van der Waals surface area contributed by atoms with Crippen LogP contribution < -0.4 is 5.32 Å². The number of amides is 1. The van der Waals surface area contributed by atoms with Crippen LogP contribution in [0.3, 0.4) is 0 Å². The van der Waals surface area contributed by atoms with Crippen LogP contribution in [0.2, 0.25) is 0 Å². The van der Waals surface area contributed by atoms with E-state index in [-0.39, 0.29) is 17.4 Å². The Morgan fingerprint density at radius 1 is 1.03 bits per heavy atom. The number of hydrogen-bond acceptors (Lipinski definition) is 4. The van der Waals surface area contributed by atoms with Gasteiger partial charge in [0.2, 0.25) is 0 Å². The van der Waals surface area contributed by atoms with Crippen molar-refractivity contribution < 1.29 is 13.4 Å². The van der Waals surface area contributed by atoms with Crippen molar-refractivity contribution >= 4 is 16.7 Å². The van der Waals surface area contributed by atoms with E-state index in [0.717, 1.165) is 36.5 Å². The number of benzene rings is 2. The van der Waals surface area contributed by atoms with Crippen molar-refractivity contribution in [3.05, 3.63) is 89.4 Å². The third-order valence-corrected chi connectivity index (χ3v) is 6.63. The number of carbonyl (C=O) groups excluding carboxylic acids is 1. The second-order valence-corrected chi connectivity index (χ2v) is 8.90. The van der Waals surface area contributed by atoms with Gasteiger partial charge in [0.1, 0.15) is 5.76 Å². The first-order valence-electron chi connectivity index (χ1n) is 10.6. The second-order valence-electron chi connectivity index (χ2n) is 7.49. The molecule has 1 heterocycles. The lowest BCUT2D eigenvalue weighted by molar-refractivity contribution is 0.0922. The van der Waals surface area contributed by atoms with Crippen LogP contribution in [0.25, 0.3) is 0 Å². The quantitative estimate of drug-likeness (QED) is 0.447. The van der Waals surface area contributed by atoms with Gasteiger partial charge in [-0.05, 0) is 49.2 Å². The lowest BCUT2D eigenvalue weighted by Gasteiger charge is -2.20. The standard InChI is InChI=1S/C25H30N2O3S/c1-3-27(18-21-11-5-4-6-12-21)17-9-16-26-25(28)23-15-14-22(30-23)19-31(29)24-13-8-7-10-20(24)2/h4-8,10-15H,3,9,16-19H2,1-2H3,(H,26,28). The van der Waals surface area contributed by atoms with Crippen molar-refractivity contribution in [2.24, 2.45) is 0 Å². The van der Waals surface area contributed by atoms with Crippen molar-refractivity contribution in [3.8, 4) is 0 Å². The van der Waals surface area contributed by atoms with E-state index in [0.29, 0.717) is 12.3 Å². The Kier molecular flexibility index (Phi) is 8.62. The van der Waals surface area contributed by atoms with E-state index < -0.39 is 10.8 Å². The van der Waals surface area contributed by atoms with E-state index in [2.05, 4.69) is 41.4 Å². The average molecular weight is 439 g/mol. The summed E-state index contributed by atoms with van der Waals surface area (Å²) in [6.45, 7) is 7.44. The van der Waals surface area contributed by atoms with Crippen LogP contribution in [0.15, 0.2) is 76.0 Å². The molecular weight excluding hydrogens is 408 g/mol. The molecule has 0 fully saturated rings. The SMILES string of the molecule is CCN(CCCNC(=O)c1ccc(CS(=O)c2ccccc2C)o1)Cc1ccccc1. The van der Waals surface area contributed by atoms with Gasteiger partial charge in [-0.25, -0.2) is 0 Å². The Bertz CT molecular complexity index is 1000. The van der Waals surface area contributed by atoms with Gasteiger partial charge in [-0.15, -0.1) is 0 Å². The first-order chi connectivity index (χ1) is 15.1. The Balaban J connectivity index is 1.43. The number of hydrogen-bond donors (Lipinski definition) is 1. The van der Waals surface area contributed by atoms with E-state index >= 15 is 0 Å². The van der Waals surface area contributed by atoms with Gasteiger partial charge in [0.15, 0.2) is 5.76 Å².